The van der Waals surface area contributed by atoms with Gasteiger partial charge in [0, 0.05) is 18.4 Å². The Bertz CT molecular complexity index is 812. The predicted octanol–water partition coefficient (Wildman–Crippen LogP) is 3.43. The maximum atomic E-state index is 11.5. The van der Waals surface area contributed by atoms with Gasteiger partial charge >= 0.3 is 0 Å². The molecule has 0 saturated carbocycles. The molecular weight excluding hydrogens is 290 g/mol. The lowest BCUT2D eigenvalue weighted by molar-refractivity contribution is -0.119. The fourth-order valence-electron chi connectivity index (χ4n) is 2.45. The molecule has 2 aromatic carbocycles. The second-order valence-electron chi connectivity index (χ2n) is 5.60. The van der Waals surface area contributed by atoms with Gasteiger partial charge in [0.1, 0.15) is 12.4 Å². The third-order valence-electron chi connectivity index (χ3n) is 3.81. The standard InChI is InChI=1S/C18H19N3O2/c1-11-8-15-16(9-12(11)2)21-18(20-15)13-4-6-14(7-5-13)19-17(22)10-23-3/h4-9H,10H2,1-3H3,(H,19,22)(H,20,21). The first-order valence-electron chi connectivity index (χ1n) is 7.43. The number of aromatic nitrogens is 2. The van der Waals surface area contributed by atoms with Crippen molar-refractivity contribution < 1.29 is 9.53 Å². The molecule has 5 heteroatoms. The van der Waals surface area contributed by atoms with Crippen molar-refractivity contribution in [2.45, 2.75) is 13.8 Å². The minimum absolute atomic E-state index is 0.0457. The highest BCUT2D eigenvalue weighted by atomic mass is 16.5. The molecule has 0 aliphatic heterocycles. The Morgan fingerprint density at radius 2 is 1.87 bits per heavy atom. The summed E-state index contributed by atoms with van der Waals surface area (Å²) in [6.07, 6.45) is 0. The van der Waals surface area contributed by atoms with Crippen molar-refractivity contribution in [2.75, 3.05) is 19.0 Å². The quantitative estimate of drug-likeness (QED) is 0.776. The summed E-state index contributed by atoms with van der Waals surface area (Å²) in [4.78, 5) is 19.5. The van der Waals surface area contributed by atoms with Gasteiger partial charge in [-0.05, 0) is 61.4 Å². The summed E-state index contributed by atoms with van der Waals surface area (Å²) in [5, 5.41) is 2.77. The normalized spacial score (nSPS) is 10.9. The third-order valence-corrected chi connectivity index (χ3v) is 3.81. The molecule has 0 atom stereocenters. The Morgan fingerprint density at radius 1 is 1.17 bits per heavy atom. The number of H-pyrrole nitrogens is 1. The maximum absolute atomic E-state index is 11.5. The molecule has 118 valence electrons. The number of carbonyl (C=O) groups is 1. The highest BCUT2D eigenvalue weighted by Crippen LogP contribution is 2.24. The number of nitrogens with zero attached hydrogens (tertiary/aromatic N) is 1. The first-order valence-corrected chi connectivity index (χ1v) is 7.43. The van der Waals surface area contributed by atoms with Crippen LogP contribution in [0, 0.1) is 13.8 Å². The van der Waals surface area contributed by atoms with Crippen LogP contribution in [-0.4, -0.2) is 29.6 Å². The van der Waals surface area contributed by atoms with Crippen LogP contribution >= 0.6 is 0 Å². The molecule has 5 nitrogen and oxygen atoms in total. The fraction of sp³-hybridized carbons (Fsp3) is 0.222. The van der Waals surface area contributed by atoms with E-state index in [1.54, 1.807) is 0 Å². The smallest absolute Gasteiger partial charge is 0.250 e. The van der Waals surface area contributed by atoms with Gasteiger partial charge in [-0.15, -0.1) is 0 Å². The van der Waals surface area contributed by atoms with E-state index in [1.807, 2.05) is 24.3 Å². The lowest BCUT2D eigenvalue weighted by atomic mass is 10.1. The lowest BCUT2D eigenvalue weighted by Crippen LogP contribution is -2.16. The van der Waals surface area contributed by atoms with Crippen LogP contribution in [-0.2, 0) is 9.53 Å². The summed E-state index contributed by atoms with van der Waals surface area (Å²) >= 11 is 0. The van der Waals surface area contributed by atoms with Gasteiger partial charge in [-0.25, -0.2) is 4.98 Å². The molecule has 3 aromatic rings. The Kier molecular flexibility index (Phi) is 4.12. The predicted molar refractivity (Wildman–Crippen MR) is 91.5 cm³/mol. The molecule has 3 rings (SSSR count). The van der Waals surface area contributed by atoms with Crippen molar-refractivity contribution in [3.05, 3.63) is 47.5 Å². The van der Waals surface area contributed by atoms with E-state index >= 15 is 0 Å². The minimum Gasteiger partial charge on any atom is -0.375 e. The maximum Gasteiger partial charge on any atom is 0.250 e. The molecule has 0 bridgehead atoms. The van der Waals surface area contributed by atoms with Gasteiger partial charge in [0.15, 0.2) is 0 Å². The molecule has 1 amide bonds. The molecule has 0 fully saturated rings. The number of aryl methyl sites for hydroxylation is 2. The molecule has 0 spiro atoms. The topological polar surface area (TPSA) is 67.0 Å². The molecule has 0 aliphatic rings. The zero-order valence-electron chi connectivity index (χ0n) is 13.4. The Labute approximate surface area is 134 Å². The number of methoxy groups -OCH3 is 1. The second-order valence-corrected chi connectivity index (χ2v) is 5.60. The molecule has 0 saturated heterocycles. The lowest BCUT2D eigenvalue weighted by Gasteiger charge is -2.04. The molecular formula is C18H19N3O2. The minimum atomic E-state index is -0.171. The van der Waals surface area contributed by atoms with E-state index in [1.165, 1.54) is 18.2 Å². The zero-order chi connectivity index (χ0) is 16.4. The van der Waals surface area contributed by atoms with E-state index in [-0.39, 0.29) is 12.5 Å². The molecule has 23 heavy (non-hydrogen) atoms. The molecule has 1 heterocycles. The summed E-state index contributed by atoms with van der Waals surface area (Å²) in [6.45, 7) is 4.22. The number of anilines is 1. The largest absolute Gasteiger partial charge is 0.375 e. The van der Waals surface area contributed by atoms with Gasteiger partial charge in [0.05, 0.1) is 11.0 Å². The molecule has 2 N–H and O–H groups in total. The highest BCUT2D eigenvalue weighted by Gasteiger charge is 2.07. The van der Waals surface area contributed by atoms with Crippen molar-refractivity contribution in [2.24, 2.45) is 0 Å². The molecule has 0 aliphatic carbocycles. The third kappa shape index (κ3) is 3.24. The van der Waals surface area contributed by atoms with Gasteiger partial charge in [0.2, 0.25) is 5.91 Å². The summed E-state index contributed by atoms with van der Waals surface area (Å²) < 4.78 is 4.79. The summed E-state index contributed by atoms with van der Waals surface area (Å²) in [5.74, 6) is 0.648. The van der Waals surface area contributed by atoms with Crippen LogP contribution in [0.2, 0.25) is 0 Å². The zero-order valence-corrected chi connectivity index (χ0v) is 13.4. The average molecular weight is 309 g/mol. The molecule has 0 unspecified atom stereocenters. The van der Waals surface area contributed by atoms with E-state index < -0.39 is 0 Å². The SMILES string of the molecule is COCC(=O)Nc1ccc(-c2nc3cc(C)c(C)cc3[nH]2)cc1. The number of benzene rings is 2. The van der Waals surface area contributed by atoms with Crippen LogP contribution in [0.15, 0.2) is 36.4 Å². The van der Waals surface area contributed by atoms with Crippen LogP contribution in [0.4, 0.5) is 5.69 Å². The Balaban J connectivity index is 1.86. The number of hydrogen-bond acceptors (Lipinski definition) is 3. The van der Waals surface area contributed by atoms with E-state index in [9.17, 15) is 4.79 Å². The molecule has 1 aromatic heterocycles. The number of ether oxygens (including phenoxy) is 1. The fourth-order valence-corrected chi connectivity index (χ4v) is 2.45. The number of amides is 1. The first kappa shape index (κ1) is 15.2. The summed E-state index contributed by atoms with van der Waals surface area (Å²) in [5.41, 5.74) is 6.16. The van der Waals surface area contributed by atoms with Gasteiger partial charge in [-0.1, -0.05) is 0 Å². The monoisotopic (exact) mass is 309 g/mol. The van der Waals surface area contributed by atoms with Gasteiger partial charge < -0.3 is 15.0 Å². The van der Waals surface area contributed by atoms with Crippen molar-refractivity contribution >= 4 is 22.6 Å². The average Bonchev–Trinajstić information content (AvgIpc) is 2.91. The van der Waals surface area contributed by atoms with Crippen LogP contribution in [0.5, 0.6) is 0 Å². The van der Waals surface area contributed by atoms with Crippen molar-refractivity contribution in [3.8, 4) is 11.4 Å². The first-order chi connectivity index (χ1) is 11.1. The van der Waals surface area contributed by atoms with Gasteiger partial charge in [0.25, 0.3) is 0 Å². The van der Waals surface area contributed by atoms with E-state index in [0.29, 0.717) is 0 Å². The second kappa shape index (κ2) is 6.22. The van der Waals surface area contributed by atoms with Crippen LogP contribution in [0.1, 0.15) is 11.1 Å². The summed E-state index contributed by atoms with van der Waals surface area (Å²) in [7, 11) is 1.49. The van der Waals surface area contributed by atoms with Gasteiger partial charge in [-0.3, -0.25) is 4.79 Å². The number of rotatable bonds is 4. The number of nitrogens with one attached hydrogen (secondary N) is 2. The molecule has 0 radical (unpaired) electrons. The number of hydrogen-bond donors (Lipinski definition) is 2. The van der Waals surface area contributed by atoms with Crippen molar-refractivity contribution in [1.29, 1.82) is 0 Å². The highest BCUT2D eigenvalue weighted by molar-refractivity contribution is 5.92. The van der Waals surface area contributed by atoms with Crippen LogP contribution < -0.4 is 5.32 Å². The van der Waals surface area contributed by atoms with E-state index in [4.69, 9.17) is 4.74 Å². The number of fused-ring (bicyclic) bond motifs is 1. The number of aromatic amines is 1. The van der Waals surface area contributed by atoms with E-state index in [0.717, 1.165) is 28.1 Å². The van der Waals surface area contributed by atoms with Crippen LogP contribution in [0.3, 0.4) is 0 Å². The Morgan fingerprint density at radius 3 is 2.57 bits per heavy atom. The number of imidazole rings is 1. The summed E-state index contributed by atoms with van der Waals surface area (Å²) in [6, 6.07) is 11.8. The van der Waals surface area contributed by atoms with E-state index in [2.05, 4.69) is 41.3 Å². The van der Waals surface area contributed by atoms with Crippen molar-refractivity contribution in [1.82, 2.24) is 9.97 Å². The van der Waals surface area contributed by atoms with Crippen LogP contribution in [0.25, 0.3) is 22.4 Å². The Hall–Kier alpha value is -2.66. The van der Waals surface area contributed by atoms with Crippen molar-refractivity contribution in [3.63, 3.8) is 0 Å². The van der Waals surface area contributed by atoms with Gasteiger partial charge in [-0.2, -0.15) is 0 Å². The number of carbonyl (C=O) groups excluding carboxylic acids is 1.